The van der Waals surface area contributed by atoms with E-state index < -0.39 is 10.0 Å². The summed E-state index contributed by atoms with van der Waals surface area (Å²) in [6, 6.07) is 9.85. The molecule has 0 bridgehead atoms. The van der Waals surface area contributed by atoms with Gasteiger partial charge in [0.2, 0.25) is 10.0 Å². The Bertz CT molecular complexity index is 993. The van der Waals surface area contributed by atoms with Crippen molar-refractivity contribution in [1.82, 2.24) is 14.6 Å². The third-order valence-electron chi connectivity index (χ3n) is 5.52. The molecule has 29 heavy (non-hydrogen) atoms. The number of nitrogens with zero attached hydrogens (tertiary/aromatic N) is 2. The molecule has 0 spiro atoms. The highest BCUT2D eigenvalue weighted by molar-refractivity contribution is 7.89. The van der Waals surface area contributed by atoms with Gasteiger partial charge in [-0.15, -0.1) is 0 Å². The molecule has 1 aromatic carbocycles. The molecule has 1 saturated carbocycles. The summed E-state index contributed by atoms with van der Waals surface area (Å²) in [6.45, 7) is 0.223. The van der Waals surface area contributed by atoms with Crippen molar-refractivity contribution in [2.45, 2.75) is 49.5 Å². The van der Waals surface area contributed by atoms with Gasteiger partial charge in [0.1, 0.15) is 5.69 Å². The van der Waals surface area contributed by atoms with Crippen LogP contribution in [0, 0.1) is 0 Å². The van der Waals surface area contributed by atoms with E-state index in [1.807, 2.05) is 0 Å². The lowest BCUT2D eigenvalue weighted by Crippen LogP contribution is -2.36. The molecule has 0 saturated heterocycles. The number of amides is 2. The summed E-state index contributed by atoms with van der Waals surface area (Å²) in [5.74, 6) is -0.726. The first-order valence-corrected chi connectivity index (χ1v) is 11.4. The van der Waals surface area contributed by atoms with Gasteiger partial charge in [0.15, 0.2) is 0 Å². The van der Waals surface area contributed by atoms with Crippen molar-refractivity contribution >= 4 is 21.8 Å². The summed E-state index contributed by atoms with van der Waals surface area (Å²) in [5.41, 5.74) is 1.37. The summed E-state index contributed by atoms with van der Waals surface area (Å²) in [4.78, 5) is 30.2. The highest BCUT2D eigenvalue weighted by Crippen LogP contribution is 2.22. The first kappa shape index (κ1) is 19.7. The number of pyridine rings is 1. The van der Waals surface area contributed by atoms with Crippen LogP contribution < -0.4 is 4.72 Å². The molecule has 152 valence electrons. The zero-order chi connectivity index (χ0) is 20.4. The van der Waals surface area contributed by atoms with Gasteiger partial charge in [0, 0.05) is 18.8 Å². The number of benzene rings is 1. The zero-order valence-corrected chi connectivity index (χ0v) is 16.8. The highest BCUT2D eigenvalue weighted by Gasteiger charge is 2.36. The van der Waals surface area contributed by atoms with Gasteiger partial charge in [-0.2, -0.15) is 0 Å². The molecule has 1 fully saturated rings. The second-order valence-electron chi connectivity index (χ2n) is 7.51. The van der Waals surface area contributed by atoms with Crippen molar-refractivity contribution in [3.8, 4) is 0 Å². The number of hydrogen-bond donors (Lipinski definition) is 1. The maximum absolute atomic E-state index is 12.6. The van der Waals surface area contributed by atoms with Gasteiger partial charge in [-0.1, -0.05) is 31.4 Å². The lowest BCUT2D eigenvalue weighted by atomic mass is 9.96. The van der Waals surface area contributed by atoms with E-state index in [-0.39, 0.29) is 35.0 Å². The second kappa shape index (κ2) is 8.04. The summed E-state index contributed by atoms with van der Waals surface area (Å²) < 4.78 is 27.9. The van der Waals surface area contributed by atoms with E-state index in [2.05, 4.69) is 9.71 Å². The van der Waals surface area contributed by atoms with Crippen molar-refractivity contribution in [1.29, 1.82) is 0 Å². The number of nitrogens with one attached hydrogen (secondary N) is 1. The largest absolute Gasteiger partial charge is 0.280 e. The van der Waals surface area contributed by atoms with Crippen LogP contribution >= 0.6 is 0 Å². The topological polar surface area (TPSA) is 96.4 Å². The van der Waals surface area contributed by atoms with Crippen molar-refractivity contribution in [3.05, 3.63) is 59.4 Å². The summed E-state index contributed by atoms with van der Waals surface area (Å²) >= 11 is 0. The number of imide groups is 1. The molecular formula is C21H23N3O4S. The smallest absolute Gasteiger partial charge is 0.273 e. The van der Waals surface area contributed by atoms with Crippen LogP contribution in [0.4, 0.5) is 0 Å². The first-order chi connectivity index (χ1) is 14.0. The van der Waals surface area contributed by atoms with Crippen molar-refractivity contribution in [3.63, 3.8) is 0 Å². The Balaban J connectivity index is 1.39. The Morgan fingerprint density at radius 1 is 1.00 bits per heavy atom. The molecule has 0 radical (unpaired) electrons. The van der Waals surface area contributed by atoms with Crippen LogP contribution in [0.3, 0.4) is 0 Å². The molecule has 1 aromatic heterocycles. The lowest BCUT2D eigenvalue weighted by Gasteiger charge is -2.22. The molecule has 0 unspecified atom stereocenters. The van der Waals surface area contributed by atoms with Crippen molar-refractivity contribution < 1.29 is 18.0 Å². The monoisotopic (exact) mass is 413 g/mol. The van der Waals surface area contributed by atoms with E-state index in [0.29, 0.717) is 12.0 Å². The quantitative estimate of drug-likeness (QED) is 0.734. The number of hydrogen-bond acceptors (Lipinski definition) is 5. The molecule has 1 aliphatic heterocycles. The number of carbonyl (C=O) groups excluding carboxylic acids is 2. The van der Waals surface area contributed by atoms with Gasteiger partial charge >= 0.3 is 0 Å². The number of aromatic nitrogens is 1. The number of sulfonamides is 1. The fraction of sp³-hybridized carbons (Fsp3) is 0.381. The van der Waals surface area contributed by atoms with Crippen LogP contribution in [0.25, 0.3) is 0 Å². The van der Waals surface area contributed by atoms with Gasteiger partial charge in [-0.3, -0.25) is 19.5 Å². The number of rotatable bonds is 6. The van der Waals surface area contributed by atoms with E-state index in [1.54, 1.807) is 36.4 Å². The number of carbonyl (C=O) groups is 2. The van der Waals surface area contributed by atoms with Gasteiger partial charge < -0.3 is 0 Å². The molecule has 2 heterocycles. The predicted molar refractivity (Wildman–Crippen MR) is 107 cm³/mol. The minimum atomic E-state index is -3.54. The van der Waals surface area contributed by atoms with Crippen molar-refractivity contribution in [2.24, 2.45) is 0 Å². The summed E-state index contributed by atoms with van der Waals surface area (Å²) in [5, 5.41) is 0. The van der Waals surface area contributed by atoms with Gasteiger partial charge in [-0.25, -0.2) is 13.1 Å². The van der Waals surface area contributed by atoms with E-state index in [0.717, 1.165) is 37.7 Å². The standard InChI is InChI=1S/C21H23N3O4S/c25-20-18-7-4-13-22-19(18)21(26)24(20)14-12-15-8-10-17(11-9-15)29(27,28)23-16-5-2-1-3-6-16/h4,7-11,13,16,23H,1-3,5-6,12,14H2. The summed E-state index contributed by atoms with van der Waals surface area (Å²) in [7, 11) is -3.54. The molecule has 1 aliphatic carbocycles. The molecule has 0 atom stereocenters. The molecule has 8 heteroatoms. The first-order valence-electron chi connectivity index (χ1n) is 9.88. The van der Waals surface area contributed by atoms with Crippen molar-refractivity contribution in [2.75, 3.05) is 6.54 Å². The van der Waals surface area contributed by atoms with E-state index in [1.165, 1.54) is 11.1 Å². The van der Waals surface area contributed by atoms with Gasteiger partial charge in [-0.05, 0) is 49.1 Å². The Labute approximate surface area is 170 Å². The third kappa shape index (κ3) is 4.09. The average molecular weight is 413 g/mol. The Morgan fingerprint density at radius 3 is 2.41 bits per heavy atom. The maximum atomic E-state index is 12.6. The van der Waals surface area contributed by atoms with Crippen LogP contribution in [0.2, 0.25) is 0 Å². The lowest BCUT2D eigenvalue weighted by molar-refractivity contribution is 0.0654. The second-order valence-corrected chi connectivity index (χ2v) is 9.23. The zero-order valence-electron chi connectivity index (χ0n) is 16.0. The van der Waals surface area contributed by atoms with Crippen LogP contribution in [0.15, 0.2) is 47.5 Å². The normalized spacial score (nSPS) is 17.6. The third-order valence-corrected chi connectivity index (χ3v) is 7.05. The number of fused-ring (bicyclic) bond motifs is 1. The molecule has 2 aliphatic rings. The molecule has 2 aromatic rings. The van der Waals surface area contributed by atoms with Crippen LogP contribution in [-0.4, -0.2) is 42.7 Å². The molecule has 2 amide bonds. The Kier molecular flexibility index (Phi) is 5.47. The molecule has 7 nitrogen and oxygen atoms in total. The SMILES string of the molecule is O=C1c2cccnc2C(=O)N1CCc1ccc(S(=O)(=O)NC2CCCCC2)cc1. The Hall–Kier alpha value is -2.58. The van der Waals surface area contributed by atoms with E-state index in [4.69, 9.17) is 0 Å². The minimum Gasteiger partial charge on any atom is -0.273 e. The predicted octanol–water partition coefficient (Wildman–Crippen LogP) is 2.53. The summed E-state index contributed by atoms with van der Waals surface area (Å²) in [6.07, 6.45) is 6.98. The average Bonchev–Trinajstić information content (AvgIpc) is 2.98. The fourth-order valence-corrected chi connectivity index (χ4v) is 5.21. The van der Waals surface area contributed by atoms with Crippen LogP contribution in [0.5, 0.6) is 0 Å². The fourth-order valence-electron chi connectivity index (χ4n) is 3.90. The molecular weight excluding hydrogens is 390 g/mol. The van der Waals surface area contributed by atoms with Gasteiger partial charge in [0.05, 0.1) is 10.5 Å². The van der Waals surface area contributed by atoms with E-state index in [9.17, 15) is 18.0 Å². The minimum absolute atomic E-state index is 0.0101. The van der Waals surface area contributed by atoms with E-state index >= 15 is 0 Å². The molecule has 4 rings (SSSR count). The van der Waals surface area contributed by atoms with Crippen LogP contribution in [0.1, 0.15) is 58.5 Å². The highest BCUT2D eigenvalue weighted by atomic mass is 32.2. The van der Waals surface area contributed by atoms with Crippen LogP contribution in [-0.2, 0) is 16.4 Å². The van der Waals surface area contributed by atoms with Gasteiger partial charge in [0.25, 0.3) is 11.8 Å². The maximum Gasteiger partial charge on any atom is 0.280 e. The Morgan fingerprint density at radius 2 is 1.72 bits per heavy atom. The molecule has 1 N–H and O–H groups in total.